The molecule has 19 heavy (non-hydrogen) atoms. The van der Waals surface area contributed by atoms with Crippen molar-refractivity contribution < 1.29 is 4.74 Å². The Morgan fingerprint density at radius 2 is 2.26 bits per heavy atom. The Bertz CT molecular complexity index is 416. The molecule has 0 bridgehead atoms. The van der Waals surface area contributed by atoms with Crippen molar-refractivity contribution in [1.82, 2.24) is 15.2 Å². The van der Waals surface area contributed by atoms with Gasteiger partial charge in [0.2, 0.25) is 5.88 Å². The second kappa shape index (κ2) is 5.47. The van der Waals surface area contributed by atoms with Crippen LogP contribution in [0.5, 0.6) is 5.88 Å². The van der Waals surface area contributed by atoms with E-state index in [2.05, 4.69) is 28.2 Å². The first kappa shape index (κ1) is 12.9. The maximum atomic E-state index is 5.10. The van der Waals surface area contributed by atoms with E-state index >= 15 is 0 Å². The molecule has 1 aromatic rings. The van der Waals surface area contributed by atoms with E-state index in [-0.39, 0.29) is 0 Å². The van der Waals surface area contributed by atoms with Gasteiger partial charge >= 0.3 is 0 Å². The molecule has 0 amide bonds. The number of pyridine rings is 1. The van der Waals surface area contributed by atoms with Crippen molar-refractivity contribution in [2.75, 3.05) is 20.2 Å². The van der Waals surface area contributed by atoms with Crippen LogP contribution in [0.2, 0.25) is 0 Å². The molecule has 2 heterocycles. The smallest absolute Gasteiger partial charge is 0.212 e. The highest BCUT2D eigenvalue weighted by atomic mass is 16.5. The predicted molar refractivity (Wildman–Crippen MR) is 75.2 cm³/mol. The van der Waals surface area contributed by atoms with Gasteiger partial charge in [-0.25, -0.2) is 4.98 Å². The molecule has 1 saturated carbocycles. The Balaban J connectivity index is 1.62. The van der Waals surface area contributed by atoms with Crippen LogP contribution in [0, 0.1) is 5.92 Å². The van der Waals surface area contributed by atoms with Gasteiger partial charge in [-0.15, -0.1) is 0 Å². The summed E-state index contributed by atoms with van der Waals surface area (Å²) >= 11 is 0. The van der Waals surface area contributed by atoms with Crippen LogP contribution < -0.4 is 10.1 Å². The second-order valence-electron chi connectivity index (χ2n) is 5.84. The zero-order valence-corrected chi connectivity index (χ0v) is 11.8. The van der Waals surface area contributed by atoms with Crippen molar-refractivity contribution in [1.29, 1.82) is 0 Å². The zero-order valence-electron chi connectivity index (χ0n) is 11.8. The zero-order chi connectivity index (χ0) is 13.2. The van der Waals surface area contributed by atoms with Gasteiger partial charge in [0.25, 0.3) is 0 Å². The van der Waals surface area contributed by atoms with Crippen molar-refractivity contribution in [3.05, 3.63) is 23.9 Å². The lowest BCUT2D eigenvalue weighted by Gasteiger charge is -2.39. The van der Waals surface area contributed by atoms with E-state index in [1.807, 2.05) is 12.3 Å². The molecule has 0 aromatic carbocycles. The largest absolute Gasteiger partial charge is 0.481 e. The van der Waals surface area contributed by atoms with E-state index < -0.39 is 0 Å². The predicted octanol–water partition coefficient (Wildman–Crippen LogP) is 1.66. The summed E-state index contributed by atoms with van der Waals surface area (Å²) in [5.74, 6) is 1.61. The van der Waals surface area contributed by atoms with Crippen molar-refractivity contribution in [2.45, 2.75) is 38.4 Å². The topological polar surface area (TPSA) is 37.4 Å². The summed E-state index contributed by atoms with van der Waals surface area (Å²) in [5.41, 5.74) is 1.27. The molecule has 104 valence electrons. The minimum atomic E-state index is 0.595. The molecule has 2 atom stereocenters. The standard InChI is InChI=1S/C15H23N3O/c1-11-7-16-14(13-4-5-13)10-18(11)9-12-3-6-15(19-2)17-8-12/h3,6,8,11,13-14,16H,4-5,7,9-10H2,1-2H3. The van der Waals surface area contributed by atoms with Crippen LogP contribution in [0.4, 0.5) is 0 Å². The number of methoxy groups -OCH3 is 1. The summed E-state index contributed by atoms with van der Waals surface area (Å²) in [6.07, 6.45) is 4.74. The molecular formula is C15H23N3O. The molecule has 1 N–H and O–H groups in total. The maximum Gasteiger partial charge on any atom is 0.212 e. The summed E-state index contributed by atoms with van der Waals surface area (Å²) in [5, 5.41) is 3.69. The van der Waals surface area contributed by atoms with Gasteiger partial charge in [0.15, 0.2) is 0 Å². The third-order valence-corrected chi connectivity index (χ3v) is 4.31. The lowest BCUT2D eigenvalue weighted by Crippen LogP contribution is -2.55. The van der Waals surface area contributed by atoms with Crippen LogP contribution in [-0.4, -0.2) is 42.2 Å². The summed E-state index contributed by atoms with van der Waals surface area (Å²) in [7, 11) is 1.65. The molecule has 2 unspecified atom stereocenters. The second-order valence-corrected chi connectivity index (χ2v) is 5.84. The van der Waals surface area contributed by atoms with Gasteiger partial charge in [-0.2, -0.15) is 0 Å². The fourth-order valence-electron chi connectivity index (χ4n) is 2.84. The average Bonchev–Trinajstić information content (AvgIpc) is 3.27. The van der Waals surface area contributed by atoms with Crippen LogP contribution in [0.15, 0.2) is 18.3 Å². The SMILES string of the molecule is COc1ccc(CN2CC(C3CC3)NCC2C)cn1. The first-order valence-electron chi connectivity index (χ1n) is 7.22. The Morgan fingerprint density at radius 1 is 1.42 bits per heavy atom. The highest BCUT2D eigenvalue weighted by Gasteiger charge is 2.35. The lowest BCUT2D eigenvalue weighted by molar-refractivity contribution is 0.125. The normalized spacial score (nSPS) is 28.3. The third kappa shape index (κ3) is 3.07. The molecule has 2 aliphatic rings. The highest BCUT2D eigenvalue weighted by molar-refractivity contribution is 5.18. The van der Waals surface area contributed by atoms with Gasteiger partial charge in [0.1, 0.15) is 0 Å². The minimum Gasteiger partial charge on any atom is -0.481 e. The third-order valence-electron chi connectivity index (χ3n) is 4.31. The van der Waals surface area contributed by atoms with Gasteiger partial charge in [-0.3, -0.25) is 4.90 Å². The fourth-order valence-corrected chi connectivity index (χ4v) is 2.84. The average molecular weight is 261 g/mol. The van der Waals surface area contributed by atoms with E-state index in [0.717, 1.165) is 25.6 Å². The van der Waals surface area contributed by atoms with E-state index in [1.165, 1.54) is 18.4 Å². The van der Waals surface area contributed by atoms with E-state index in [4.69, 9.17) is 4.74 Å². The Hall–Kier alpha value is -1.13. The van der Waals surface area contributed by atoms with Gasteiger partial charge in [0.05, 0.1) is 7.11 Å². The van der Waals surface area contributed by atoms with Crippen LogP contribution in [0.3, 0.4) is 0 Å². The van der Waals surface area contributed by atoms with Crippen molar-refractivity contribution in [3.8, 4) is 5.88 Å². The molecule has 4 heteroatoms. The number of rotatable bonds is 4. The number of nitrogens with one attached hydrogen (secondary N) is 1. The number of nitrogens with zero attached hydrogens (tertiary/aromatic N) is 2. The number of hydrogen-bond donors (Lipinski definition) is 1. The molecular weight excluding hydrogens is 238 g/mol. The molecule has 1 saturated heterocycles. The summed E-state index contributed by atoms with van der Waals surface area (Å²) < 4.78 is 5.10. The van der Waals surface area contributed by atoms with Crippen LogP contribution in [-0.2, 0) is 6.54 Å². The lowest BCUT2D eigenvalue weighted by atomic mass is 10.1. The Kier molecular flexibility index (Phi) is 3.71. The minimum absolute atomic E-state index is 0.595. The first-order valence-corrected chi connectivity index (χ1v) is 7.22. The summed E-state index contributed by atoms with van der Waals surface area (Å²) in [4.78, 5) is 6.86. The Morgan fingerprint density at radius 3 is 2.89 bits per heavy atom. The number of ether oxygens (including phenoxy) is 1. The van der Waals surface area contributed by atoms with Gasteiger partial charge in [-0.1, -0.05) is 6.07 Å². The molecule has 3 rings (SSSR count). The van der Waals surface area contributed by atoms with Crippen LogP contribution >= 0.6 is 0 Å². The van der Waals surface area contributed by atoms with E-state index in [0.29, 0.717) is 18.0 Å². The number of hydrogen-bond acceptors (Lipinski definition) is 4. The van der Waals surface area contributed by atoms with E-state index in [9.17, 15) is 0 Å². The van der Waals surface area contributed by atoms with Crippen LogP contribution in [0.25, 0.3) is 0 Å². The maximum absolute atomic E-state index is 5.10. The Labute approximate surface area is 115 Å². The van der Waals surface area contributed by atoms with Crippen molar-refractivity contribution in [3.63, 3.8) is 0 Å². The molecule has 1 aliphatic carbocycles. The molecule has 4 nitrogen and oxygen atoms in total. The monoisotopic (exact) mass is 261 g/mol. The van der Waals surface area contributed by atoms with Gasteiger partial charge in [0, 0.05) is 44.0 Å². The van der Waals surface area contributed by atoms with Gasteiger partial charge in [-0.05, 0) is 31.2 Å². The molecule has 0 spiro atoms. The highest BCUT2D eigenvalue weighted by Crippen LogP contribution is 2.34. The quantitative estimate of drug-likeness (QED) is 0.894. The summed E-state index contributed by atoms with van der Waals surface area (Å²) in [6.45, 7) is 5.55. The van der Waals surface area contributed by atoms with E-state index in [1.54, 1.807) is 7.11 Å². The number of piperazine rings is 1. The number of aromatic nitrogens is 1. The summed E-state index contributed by atoms with van der Waals surface area (Å²) in [6, 6.07) is 5.35. The molecule has 1 aromatic heterocycles. The van der Waals surface area contributed by atoms with Gasteiger partial charge < -0.3 is 10.1 Å². The fraction of sp³-hybridized carbons (Fsp3) is 0.667. The first-order chi connectivity index (χ1) is 9.26. The molecule has 2 fully saturated rings. The molecule has 0 radical (unpaired) electrons. The van der Waals surface area contributed by atoms with Crippen LogP contribution in [0.1, 0.15) is 25.3 Å². The van der Waals surface area contributed by atoms with Crippen molar-refractivity contribution >= 4 is 0 Å². The van der Waals surface area contributed by atoms with Crippen molar-refractivity contribution in [2.24, 2.45) is 5.92 Å². The molecule has 1 aliphatic heterocycles.